The molecule has 0 aromatic heterocycles. The van der Waals surface area contributed by atoms with Gasteiger partial charge in [0.2, 0.25) is 5.91 Å². The zero-order valence-electron chi connectivity index (χ0n) is 14.5. The average molecular weight is 338 g/mol. The fourth-order valence-electron chi connectivity index (χ4n) is 1.94. The van der Waals surface area contributed by atoms with Crippen molar-refractivity contribution in [1.82, 2.24) is 10.6 Å². The number of ether oxygens (including phenoxy) is 1. The van der Waals surface area contributed by atoms with E-state index < -0.39 is 23.9 Å². The van der Waals surface area contributed by atoms with Crippen LogP contribution in [-0.4, -0.2) is 47.5 Å². The van der Waals surface area contributed by atoms with Crippen molar-refractivity contribution >= 4 is 12.0 Å². The van der Waals surface area contributed by atoms with E-state index in [0.29, 0.717) is 5.56 Å². The van der Waals surface area contributed by atoms with E-state index in [4.69, 9.17) is 4.74 Å². The highest BCUT2D eigenvalue weighted by Crippen LogP contribution is 2.18. The maximum Gasteiger partial charge on any atom is 0.407 e. The number of hydrogen-bond donors (Lipinski definition) is 4. The SMILES string of the molecule is CNC(=O)Cc1ccc(C(O)C(O)CNC(=O)OC(C)(C)C)cc1. The van der Waals surface area contributed by atoms with Crippen molar-refractivity contribution in [3.8, 4) is 0 Å². The Balaban J connectivity index is 2.54. The molecule has 1 aromatic carbocycles. The van der Waals surface area contributed by atoms with Gasteiger partial charge < -0.3 is 25.6 Å². The van der Waals surface area contributed by atoms with E-state index in [9.17, 15) is 19.8 Å². The number of nitrogens with one attached hydrogen (secondary N) is 2. The van der Waals surface area contributed by atoms with Crippen molar-refractivity contribution < 1.29 is 24.5 Å². The van der Waals surface area contributed by atoms with E-state index >= 15 is 0 Å². The lowest BCUT2D eigenvalue weighted by Crippen LogP contribution is -2.38. The van der Waals surface area contributed by atoms with E-state index in [-0.39, 0.29) is 18.9 Å². The normalized spacial score (nSPS) is 13.8. The zero-order chi connectivity index (χ0) is 18.3. The first-order chi connectivity index (χ1) is 11.1. The lowest BCUT2D eigenvalue weighted by Gasteiger charge is -2.22. The largest absolute Gasteiger partial charge is 0.444 e. The van der Waals surface area contributed by atoms with Crippen LogP contribution in [0.15, 0.2) is 24.3 Å². The number of carbonyl (C=O) groups excluding carboxylic acids is 2. The number of carbonyl (C=O) groups is 2. The number of alkyl carbamates (subject to hydrolysis) is 1. The van der Waals surface area contributed by atoms with Crippen LogP contribution in [-0.2, 0) is 16.0 Å². The quantitative estimate of drug-likeness (QED) is 0.616. The second-order valence-corrected chi connectivity index (χ2v) is 6.49. The van der Waals surface area contributed by atoms with Gasteiger partial charge in [0.15, 0.2) is 0 Å². The minimum absolute atomic E-state index is 0.107. The van der Waals surface area contributed by atoms with E-state index in [1.54, 1.807) is 52.1 Å². The minimum Gasteiger partial charge on any atom is -0.444 e. The molecule has 0 aliphatic rings. The summed E-state index contributed by atoms with van der Waals surface area (Å²) in [5, 5.41) is 25.1. The van der Waals surface area contributed by atoms with Gasteiger partial charge in [-0.05, 0) is 31.9 Å². The van der Waals surface area contributed by atoms with Gasteiger partial charge in [0.1, 0.15) is 17.8 Å². The van der Waals surface area contributed by atoms with Crippen LogP contribution in [0.4, 0.5) is 4.79 Å². The highest BCUT2D eigenvalue weighted by atomic mass is 16.6. The van der Waals surface area contributed by atoms with Gasteiger partial charge in [-0.1, -0.05) is 24.3 Å². The van der Waals surface area contributed by atoms with E-state index in [1.807, 2.05) is 0 Å². The summed E-state index contributed by atoms with van der Waals surface area (Å²) in [7, 11) is 1.56. The molecule has 2 unspecified atom stereocenters. The molecule has 2 atom stereocenters. The topological polar surface area (TPSA) is 108 Å². The summed E-state index contributed by atoms with van der Waals surface area (Å²) < 4.78 is 5.06. The van der Waals surface area contributed by atoms with E-state index in [0.717, 1.165) is 5.56 Å². The molecule has 0 spiro atoms. The van der Waals surface area contributed by atoms with Crippen LogP contribution in [0.25, 0.3) is 0 Å². The Morgan fingerprint density at radius 1 is 1.17 bits per heavy atom. The first-order valence-corrected chi connectivity index (χ1v) is 7.75. The highest BCUT2D eigenvalue weighted by Gasteiger charge is 2.21. The van der Waals surface area contributed by atoms with Crippen molar-refractivity contribution in [2.24, 2.45) is 0 Å². The molecule has 4 N–H and O–H groups in total. The second kappa shape index (κ2) is 8.65. The van der Waals surface area contributed by atoms with Gasteiger partial charge in [0.05, 0.1) is 6.42 Å². The van der Waals surface area contributed by atoms with Crippen LogP contribution in [0, 0.1) is 0 Å². The summed E-state index contributed by atoms with van der Waals surface area (Å²) in [6.07, 6.45) is -2.75. The Bertz CT molecular complexity index is 551. The predicted molar refractivity (Wildman–Crippen MR) is 89.4 cm³/mol. The third-order valence-electron chi connectivity index (χ3n) is 3.18. The molecular formula is C17H26N2O5. The Morgan fingerprint density at radius 3 is 2.25 bits per heavy atom. The molecule has 0 fully saturated rings. The van der Waals surface area contributed by atoms with Crippen LogP contribution >= 0.6 is 0 Å². The molecule has 0 aliphatic carbocycles. The maximum atomic E-state index is 11.5. The van der Waals surface area contributed by atoms with Crippen LogP contribution in [0.2, 0.25) is 0 Å². The van der Waals surface area contributed by atoms with Crippen molar-refractivity contribution in [1.29, 1.82) is 0 Å². The Hall–Kier alpha value is -2.12. The summed E-state index contributed by atoms with van der Waals surface area (Å²) in [5.74, 6) is -0.107. The molecule has 2 amide bonds. The summed E-state index contributed by atoms with van der Waals surface area (Å²) in [6, 6.07) is 6.70. The summed E-state index contributed by atoms with van der Waals surface area (Å²) in [4.78, 5) is 22.8. The molecule has 1 rings (SSSR count). The number of likely N-dealkylation sites (N-methyl/N-ethyl adjacent to an activating group) is 1. The molecular weight excluding hydrogens is 312 g/mol. The minimum atomic E-state index is -1.18. The molecule has 0 bridgehead atoms. The van der Waals surface area contributed by atoms with Crippen molar-refractivity contribution in [2.75, 3.05) is 13.6 Å². The molecule has 24 heavy (non-hydrogen) atoms. The van der Waals surface area contributed by atoms with Gasteiger partial charge in [0, 0.05) is 13.6 Å². The Kier molecular flexibility index (Phi) is 7.18. The number of hydrogen-bond acceptors (Lipinski definition) is 5. The van der Waals surface area contributed by atoms with E-state index in [1.165, 1.54) is 0 Å². The molecule has 7 nitrogen and oxygen atoms in total. The van der Waals surface area contributed by atoms with Gasteiger partial charge in [0.25, 0.3) is 0 Å². The first kappa shape index (κ1) is 19.9. The van der Waals surface area contributed by atoms with Gasteiger partial charge in [-0.25, -0.2) is 4.79 Å². The van der Waals surface area contributed by atoms with Crippen LogP contribution in [0.3, 0.4) is 0 Å². The van der Waals surface area contributed by atoms with Gasteiger partial charge in [-0.15, -0.1) is 0 Å². The van der Waals surface area contributed by atoms with Crippen LogP contribution in [0.5, 0.6) is 0 Å². The zero-order valence-corrected chi connectivity index (χ0v) is 14.5. The van der Waals surface area contributed by atoms with Crippen molar-refractivity contribution in [2.45, 2.75) is 45.0 Å². The van der Waals surface area contributed by atoms with Gasteiger partial charge in [-0.2, -0.15) is 0 Å². The fourth-order valence-corrected chi connectivity index (χ4v) is 1.94. The molecule has 1 aromatic rings. The van der Waals surface area contributed by atoms with Crippen molar-refractivity contribution in [3.05, 3.63) is 35.4 Å². The van der Waals surface area contributed by atoms with Crippen LogP contribution in [0.1, 0.15) is 38.0 Å². The lowest BCUT2D eigenvalue weighted by atomic mass is 10.0. The smallest absolute Gasteiger partial charge is 0.407 e. The van der Waals surface area contributed by atoms with E-state index in [2.05, 4.69) is 10.6 Å². The van der Waals surface area contributed by atoms with Crippen molar-refractivity contribution in [3.63, 3.8) is 0 Å². The Morgan fingerprint density at radius 2 is 1.75 bits per heavy atom. The fraction of sp³-hybridized carbons (Fsp3) is 0.529. The third kappa shape index (κ3) is 6.97. The maximum absolute atomic E-state index is 11.5. The number of amides is 2. The average Bonchev–Trinajstić information content (AvgIpc) is 2.50. The summed E-state index contributed by atoms with van der Waals surface area (Å²) in [5.41, 5.74) is 0.662. The standard InChI is InChI=1S/C17H26N2O5/c1-17(2,3)24-16(23)19-10-13(20)15(22)12-7-5-11(6-8-12)9-14(21)18-4/h5-8,13,15,20,22H,9-10H2,1-4H3,(H,18,21)(H,19,23). The lowest BCUT2D eigenvalue weighted by molar-refractivity contribution is -0.119. The summed E-state index contributed by atoms with van der Waals surface area (Å²) >= 11 is 0. The summed E-state index contributed by atoms with van der Waals surface area (Å²) in [6.45, 7) is 5.06. The third-order valence-corrected chi connectivity index (χ3v) is 3.18. The predicted octanol–water partition coefficient (Wildman–Crippen LogP) is 0.894. The van der Waals surface area contributed by atoms with Gasteiger partial charge >= 0.3 is 6.09 Å². The number of aliphatic hydroxyl groups excluding tert-OH is 2. The molecule has 0 saturated carbocycles. The molecule has 7 heteroatoms. The first-order valence-electron chi connectivity index (χ1n) is 7.75. The Labute approximate surface area is 142 Å². The molecule has 0 aliphatic heterocycles. The molecule has 0 heterocycles. The number of aliphatic hydroxyl groups is 2. The second-order valence-electron chi connectivity index (χ2n) is 6.49. The van der Waals surface area contributed by atoms with Gasteiger partial charge in [-0.3, -0.25) is 4.79 Å². The van der Waals surface area contributed by atoms with Crippen LogP contribution < -0.4 is 10.6 Å². The molecule has 0 radical (unpaired) electrons. The molecule has 0 saturated heterocycles. The molecule has 134 valence electrons. The number of rotatable bonds is 6. The monoisotopic (exact) mass is 338 g/mol. The highest BCUT2D eigenvalue weighted by molar-refractivity contribution is 5.78. The number of benzene rings is 1.